The molecule has 30 heavy (non-hydrogen) atoms. The minimum Gasteiger partial charge on any atom is -0.481 e. The summed E-state index contributed by atoms with van der Waals surface area (Å²) in [6.45, 7) is 0.0524. The lowest BCUT2D eigenvalue weighted by atomic mass is 9.79. The Morgan fingerprint density at radius 3 is 2.47 bits per heavy atom. The molecule has 4 rings (SSSR count). The molecule has 1 aliphatic heterocycles. The molecule has 1 aliphatic rings. The number of nitrogens with zero attached hydrogens (tertiary/aromatic N) is 1. The van der Waals surface area contributed by atoms with Gasteiger partial charge in [-0.05, 0) is 47.0 Å². The molecule has 1 amide bonds. The molecular formula is C23H16BrClFNO3. The molecule has 0 bridgehead atoms. The second-order valence-electron chi connectivity index (χ2n) is 7.07. The van der Waals surface area contributed by atoms with Crippen LogP contribution in [0.15, 0.2) is 71.2 Å². The molecule has 3 aromatic rings. The lowest BCUT2D eigenvalue weighted by Crippen LogP contribution is -2.44. The molecule has 2 atom stereocenters. The topological polar surface area (TPSA) is 57.6 Å². The van der Waals surface area contributed by atoms with Crippen molar-refractivity contribution in [3.05, 3.63) is 104 Å². The van der Waals surface area contributed by atoms with E-state index in [9.17, 15) is 19.1 Å². The normalized spacial score (nSPS) is 18.2. The highest BCUT2D eigenvalue weighted by atomic mass is 79.9. The minimum absolute atomic E-state index is 0.0524. The molecule has 0 aromatic heterocycles. The van der Waals surface area contributed by atoms with Crippen LogP contribution in [0.1, 0.15) is 39.0 Å². The number of carboxylic acid groups (broad SMARTS) is 1. The van der Waals surface area contributed by atoms with Crippen LogP contribution in [0.3, 0.4) is 0 Å². The number of carbonyl (C=O) groups excluding carboxylic acids is 1. The Balaban J connectivity index is 1.88. The summed E-state index contributed by atoms with van der Waals surface area (Å²) < 4.78 is 14.3. The van der Waals surface area contributed by atoms with Crippen LogP contribution in [-0.4, -0.2) is 21.9 Å². The summed E-state index contributed by atoms with van der Waals surface area (Å²) in [4.78, 5) is 27.3. The van der Waals surface area contributed by atoms with Crippen molar-refractivity contribution in [2.75, 3.05) is 0 Å². The molecule has 1 N–H and O–H groups in total. The number of hydrogen-bond donors (Lipinski definition) is 1. The number of amides is 1. The Hall–Kier alpha value is -2.70. The second-order valence-corrected chi connectivity index (χ2v) is 8.39. The summed E-state index contributed by atoms with van der Waals surface area (Å²) >= 11 is 9.60. The van der Waals surface area contributed by atoms with Crippen molar-refractivity contribution in [3.63, 3.8) is 0 Å². The van der Waals surface area contributed by atoms with Gasteiger partial charge in [0.25, 0.3) is 5.91 Å². The predicted octanol–water partition coefficient (Wildman–Crippen LogP) is 5.81. The van der Waals surface area contributed by atoms with Gasteiger partial charge in [-0.3, -0.25) is 9.59 Å². The van der Waals surface area contributed by atoms with E-state index in [1.54, 1.807) is 36.4 Å². The maximum absolute atomic E-state index is 13.5. The van der Waals surface area contributed by atoms with Crippen LogP contribution in [-0.2, 0) is 11.3 Å². The van der Waals surface area contributed by atoms with E-state index in [0.29, 0.717) is 22.3 Å². The molecule has 4 nitrogen and oxygen atoms in total. The van der Waals surface area contributed by atoms with Gasteiger partial charge in [0.05, 0.1) is 6.04 Å². The van der Waals surface area contributed by atoms with E-state index in [1.807, 2.05) is 12.1 Å². The third kappa shape index (κ3) is 3.73. The van der Waals surface area contributed by atoms with E-state index in [-0.39, 0.29) is 17.5 Å². The molecular weight excluding hydrogens is 473 g/mol. The highest BCUT2D eigenvalue weighted by molar-refractivity contribution is 9.10. The number of aliphatic carboxylic acids is 1. The van der Waals surface area contributed by atoms with Crippen LogP contribution < -0.4 is 0 Å². The van der Waals surface area contributed by atoms with Crippen LogP contribution in [0.2, 0.25) is 5.02 Å². The maximum atomic E-state index is 13.5. The molecule has 0 spiro atoms. The Kier molecular flexibility index (Phi) is 5.62. The van der Waals surface area contributed by atoms with Crippen molar-refractivity contribution in [2.45, 2.75) is 18.5 Å². The molecule has 0 fully saturated rings. The average Bonchev–Trinajstić information content (AvgIpc) is 2.72. The van der Waals surface area contributed by atoms with Crippen molar-refractivity contribution >= 4 is 39.4 Å². The number of benzene rings is 3. The lowest BCUT2D eigenvalue weighted by Gasteiger charge is -2.41. The van der Waals surface area contributed by atoms with E-state index < -0.39 is 23.7 Å². The van der Waals surface area contributed by atoms with Crippen molar-refractivity contribution in [1.82, 2.24) is 4.90 Å². The first-order valence-electron chi connectivity index (χ1n) is 9.19. The van der Waals surface area contributed by atoms with Crippen LogP contribution >= 0.6 is 27.5 Å². The van der Waals surface area contributed by atoms with Gasteiger partial charge in [0.1, 0.15) is 11.7 Å². The number of fused-ring (bicyclic) bond motifs is 1. The van der Waals surface area contributed by atoms with Crippen molar-refractivity contribution in [3.8, 4) is 0 Å². The van der Waals surface area contributed by atoms with Gasteiger partial charge in [-0.15, -0.1) is 0 Å². The monoisotopic (exact) mass is 487 g/mol. The number of carboxylic acids is 1. The number of rotatable bonds is 4. The molecule has 3 aromatic carbocycles. The highest BCUT2D eigenvalue weighted by Gasteiger charge is 2.44. The van der Waals surface area contributed by atoms with E-state index >= 15 is 0 Å². The summed E-state index contributed by atoms with van der Waals surface area (Å²) in [6, 6.07) is 17.2. The van der Waals surface area contributed by atoms with Crippen molar-refractivity contribution < 1.29 is 19.1 Å². The van der Waals surface area contributed by atoms with E-state index in [4.69, 9.17) is 11.6 Å². The van der Waals surface area contributed by atoms with Gasteiger partial charge in [0, 0.05) is 21.6 Å². The first-order valence-corrected chi connectivity index (χ1v) is 10.4. The van der Waals surface area contributed by atoms with Crippen LogP contribution in [0, 0.1) is 5.82 Å². The van der Waals surface area contributed by atoms with Gasteiger partial charge in [-0.25, -0.2) is 4.39 Å². The Morgan fingerprint density at radius 1 is 1.10 bits per heavy atom. The van der Waals surface area contributed by atoms with Gasteiger partial charge in [-0.2, -0.15) is 0 Å². The predicted molar refractivity (Wildman–Crippen MR) is 115 cm³/mol. The number of halogens is 3. The molecule has 7 heteroatoms. The highest BCUT2D eigenvalue weighted by Crippen LogP contribution is 2.44. The molecule has 0 aliphatic carbocycles. The fourth-order valence-corrected chi connectivity index (χ4v) is 4.39. The van der Waals surface area contributed by atoms with Crippen LogP contribution in [0.4, 0.5) is 4.39 Å². The Labute approximate surface area is 186 Å². The Morgan fingerprint density at radius 2 is 1.80 bits per heavy atom. The van der Waals surface area contributed by atoms with Gasteiger partial charge in [0.2, 0.25) is 0 Å². The fraction of sp³-hybridized carbons (Fsp3) is 0.130. The third-order valence-corrected chi connectivity index (χ3v) is 6.15. The van der Waals surface area contributed by atoms with Crippen molar-refractivity contribution in [2.24, 2.45) is 0 Å². The van der Waals surface area contributed by atoms with Crippen LogP contribution in [0.25, 0.3) is 0 Å². The average molecular weight is 489 g/mol. The van der Waals surface area contributed by atoms with Gasteiger partial charge in [0.15, 0.2) is 0 Å². The quantitative estimate of drug-likeness (QED) is 0.504. The summed E-state index contributed by atoms with van der Waals surface area (Å²) in [7, 11) is 0. The van der Waals surface area contributed by atoms with Crippen molar-refractivity contribution in [1.29, 1.82) is 0 Å². The zero-order valence-electron chi connectivity index (χ0n) is 15.6. The third-order valence-electron chi connectivity index (χ3n) is 5.27. The number of hydrogen-bond acceptors (Lipinski definition) is 2. The minimum atomic E-state index is -1.03. The molecule has 0 saturated carbocycles. The summed E-state index contributed by atoms with van der Waals surface area (Å²) in [5.74, 6) is -2.76. The maximum Gasteiger partial charge on any atom is 0.313 e. The zero-order chi connectivity index (χ0) is 21.4. The molecule has 2 unspecified atom stereocenters. The first kappa shape index (κ1) is 20.6. The largest absolute Gasteiger partial charge is 0.481 e. The van der Waals surface area contributed by atoms with E-state index in [0.717, 1.165) is 4.47 Å². The lowest BCUT2D eigenvalue weighted by molar-refractivity contribution is -0.140. The second kappa shape index (κ2) is 8.20. The van der Waals surface area contributed by atoms with E-state index in [2.05, 4.69) is 15.9 Å². The molecule has 0 radical (unpaired) electrons. The smallest absolute Gasteiger partial charge is 0.313 e. The summed E-state index contributed by atoms with van der Waals surface area (Å²) in [6.07, 6.45) is 0. The summed E-state index contributed by atoms with van der Waals surface area (Å²) in [5, 5.41) is 10.3. The molecule has 0 saturated heterocycles. The van der Waals surface area contributed by atoms with Crippen LogP contribution in [0.5, 0.6) is 0 Å². The molecule has 1 heterocycles. The standard InChI is InChI=1S/C23H16BrClFNO3/c24-15-8-5-13(6-9-15)21-20(23(29)30)17-3-1-2-4-18(17)22(28)27(21)12-14-7-10-16(26)11-19(14)25/h1-11,20-21H,12H2,(H,29,30). The van der Waals surface area contributed by atoms with Gasteiger partial charge < -0.3 is 10.0 Å². The summed E-state index contributed by atoms with van der Waals surface area (Å²) in [5.41, 5.74) is 2.05. The number of carbonyl (C=O) groups is 2. The molecule has 152 valence electrons. The van der Waals surface area contributed by atoms with E-state index in [1.165, 1.54) is 23.1 Å². The fourth-order valence-electron chi connectivity index (χ4n) is 3.90. The van der Waals surface area contributed by atoms with Gasteiger partial charge >= 0.3 is 5.97 Å². The zero-order valence-corrected chi connectivity index (χ0v) is 17.9. The van der Waals surface area contributed by atoms with Gasteiger partial charge in [-0.1, -0.05) is 63.9 Å². The SMILES string of the molecule is O=C(O)C1c2ccccc2C(=O)N(Cc2ccc(F)cc2Cl)C1c1ccc(Br)cc1. The first-order chi connectivity index (χ1) is 14.4. The Bertz CT molecular complexity index is 1140.